The Labute approximate surface area is 92.8 Å². The number of rotatable bonds is 3. The molecule has 0 atom stereocenters. The van der Waals surface area contributed by atoms with Gasteiger partial charge >= 0.3 is 0 Å². The maximum atomic E-state index is 5.09. The number of hydrogen-bond acceptors (Lipinski definition) is 1. The zero-order chi connectivity index (χ0) is 11.4. The molecule has 0 aliphatic heterocycles. The molecular formula is C14H20O. The second kappa shape index (κ2) is 5.13. The highest BCUT2D eigenvalue weighted by atomic mass is 16.5. The van der Waals surface area contributed by atoms with Gasteiger partial charge in [0.2, 0.25) is 0 Å². The van der Waals surface area contributed by atoms with Crippen LogP contribution in [-0.4, -0.2) is 13.7 Å². The van der Waals surface area contributed by atoms with Crippen molar-refractivity contribution >= 4 is 6.08 Å². The fourth-order valence-corrected chi connectivity index (χ4v) is 1.71. The van der Waals surface area contributed by atoms with E-state index >= 15 is 0 Å². The van der Waals surface area contributed by atoms with E-state index in [1.165, 1.54) is 27.8 Å². The average Bonchev–Trinajstić information content (AvgIpc) is 2.14. The third-order valence-corrected chi connectivity index (χ3v) is 2.73. The van der Waals surface area contributed by atoms with Gasteiger partial charge in [-0.2, -0.15) is 0 Å². The van der Waals surface area contributed by atoms with Crippen LogP contribution in [0, 0.1) is 20.8 Å². The van der Waals surface area contributed by atoms with Gasteiger partial charge in [0.05, 0.1) is 6.61 Å². The third-order valence-electron chi connectivity index (χ3n) is 2.73. The Morgan fingerprint density at radius 1 is 1.20 bits per heavy atom. The molecule has 0 heterocycles. The summed E-state index contributed by atoms with van der Waals surface area (Å²) >= 11 is 0. The number of ether oxygens (including phenoxy) is 1. The first-order chi connectivity index (χ1) is 7.04. The Kier molecular flexibility index (Phi) is 4.10. The van der Waals surface area contributed by atoms with Gasteiger partial charge in [-0.25, -0.2) is 0 Å². The molecule has 15 heavy (non-hydrogen) atoms. The fraction of sp³-hybridized carbons (Fsp3) is 0.429. The van der Waals surface area contributed by atoms with Crippen molar-refractivity contribution in [3.63, 3.8) is 0 Å². The predicted molar refractivity (Wildman–Crippen MR) is 66.2 cm³/mol. The summed E-state index contributed by atoms with van der Waals surface area (Å²) in [6.07, 6.45) is 2.18. The van der Waals surface area contributed by atoms with E-state index in [9.17, 15) is 0 Å². The van der Waals surface area contributed by atoms with Crippen LogP contribution in [0.5, 0.6) is 0 Å². The summed E-state index contributed by atoms with van der Waals surface area (Å²) in [6.45, 7) is 9.27. The lowest BCUT2D eigenvalue weighted by molar-refractivity contribution is 0.226. The van der Waals surface area contributed by atoms with Gasteiger partial charge in [0.15, 0.2) is 0 Å². The van der Waals surface area contributed by atoms with E-state index in [-0.39, 0.29) is 0 Å². The monoisotopic (exact) mass is 204 g/mol. The van der Waals surface area contributed by atoms with E-state index in [0.29, 0.717) is 6.61 Å². The van der Waals surface area contributed by atoms with Gasteiger partial charge in [0, 0.05) is 7.11 Å². The first-order valence-electron chi connectivity index (χ1n) is 5.28. The van der Waals surface area contributed by atoms with Crippen LogP contribution in [0.25, 0.3) is 6.08 Å². The molecule has 1 nitrogen and oxygen atoms in total. The van der Waals surface area contributed by atoms with Crippen LogP contribution in [0.15, 0.2) is 17.7 Å². The molecule has 0 bridgehead atoms. The number of methoxy groups -OCH3 is 1. The summed E-state index contributed by atoms with van der Waals surface area (Å²) in [6, 6.07) is 4.45. The summed E-state index contributed by atoms with van der Waals surface area (Å²) in [5, 5.41) is 0. The molecule has 0 fully saturated rings. The lowest BCUT2D eigenvalue weighted by Gasteiger charge is -2.07. The molecule has 0 amide bonds. The van der Waals surface area contributed by atoms with Crippen molar-refractivity contribution in [2.24, 2.45) is 0 Å². The summed E-state index contributed by atoms with van der Waals surface area (Å²) in [4.78, 5) is 0. The van der Waals surface area contributed by atoms with Gasteiger partial charge in [0.1, 0.15) is 0 Å². The highest BCUT2D eigenvalue weighted by Gasteiger charge is 1.99. The van der Waals surface area contributed by atoms with Crippen molar-refractivity contribution in [1.82, 2.24) is 0 Å². The van der Waals surface area contributed by atoms with E-state index in [0.717, 1.165) is 0 Å². The predicted octanol–water partition coefficient (Wildman–Crippen LogP) is 3.66. The normalized spacial score (nSPS) is 11.9. The second-order valence-electron chi connectivity index (χ2n) is 4.20. The van der Waals surface area contributed by atoms with Crippen LogP contribution in [0.1, 0.15) is 29.2 Å². The van der Waals surface area contributed by atoms with Crippen molar-refractivity contribution < 1.29 is 4.74 Å². The van der Waals surface area contributed by atoms with Gasteiger partial charge in [-0.15, -0.1) is 0 Å². The Balaban J connectivity index is 3.02. The Bertz CT molecular complexity index is 352. The Hall–Kier alpha value is -1.08. The van der Waals surface area contributed by atoms with E-state index in [1.54, 1.807) is 7.11 Å². The summed E-state index contributed by atoms with van der Waals surface area (Å²) in [7, 11) is 1.73. The molecule has 0 aliphatic rings. The van der Waals surface area contributed by atoms with E-state index in [1.807, 2.05) is 0 Å². The zero-order valence-corrected chi connectivity index (χ0v) is 10.3. The van der Waals surface area contributed by atoms with Gasteiger partial charge in [-0.05, 0) is 55.5 Å². The quantitative estimate of drug-likeness (QED) is 0.730. The van der Waals surface area contributed by atoms with Crippen LogP contribution in [-0.2, 0) is 4.74 Å². The van der Waals surface area contributed by atoms with Gasteiger partial charge in [-0.3, -0.25) is 0 Å². The molecular weight excluding hydrogens is 184 g/mol. The molecule has 0 aliphatic carbocycles. The Morgan fingerprint density at radius 3 is 2.20 bits per heavy atom. The topological polar surface area (TPSA) is 9.23 Å². The van der Waals surface area contributed by atoms with Gasteiger partial charge < -0.3 is 4.74 Å². The van der Waals surface area contributed by atoms with Crippen molar-refractivity contribution in [2.75, 3.05) is 13.7 Å². The SMILES string of the molecule is COC/C(C)=C/c1cc(C)c(C)c(C)c1. The van der Waals surface area contributed by atoms with Crippen molar-refractivity contribution in [3.8, 4) is 0 Å². The van der Waals surface area contributed by atoms with E-state index in [4.69, 9.17) is 4.74 Å². The third kappa shape index (κ3) is 3.21. The molecule has 0 N–H and O–H groups in total. The maximum Gasteiger partial charge on any atom is 0.0673 e. The van der Waals surface area contributed by atoms with Crippen molar-refractivity contribution in [1.29, 1.82) is 0 Å². The molecule has 0 saturated carbocycles. The second-order valence-corrected chi connectivity index (χ2v) is 4.20. The number of aryl methyl sites for hydroxylation is 2. The lowest BCUT2D eigenvalue weighted by Crippen LogP contribution is -1.91. The molecule has 1 aromatic rings. The van der Waals surface area contributed by atoms with E-state index < -0.39 is 0 Å². The smallest absolute Gasteiger partial charge is 0.0673 e. The highest BCUT2D eigenvalue weighted by molar-refractivity contribution is 5.56. The van der Waals surface area contributed by atoms with Crippen LogP contribution in [0.2, 0.25) is 0 Å². The maximum absolute atomic E-state index is 5.09. The molecule has 82 valence electrons. The zero-order valence-electron chi connectivity index (χ0n) is 10.3. The number of benzene rings is 1. The van der Waals surface area contributed by atoms with Crippen LogP contribution in [0.3, 0.4) is 0 Å². The minimum atomic E-state index is 0.700. The summed E-state index contributed by atoms with van der Waals surface area (Å²) < 4.78 is 5.09. The molecule has 1 rings (SSSR count). The fourth-order valence-electron chi connectivity index (χ4n) is 1.71. The summed E-state index contributed by atoms with van der Waals surface area (Å²) in [5.41, 5.74) is 6.61. The van der Waals surface area contributed by atoms with Crippen LogP contribution < -0.4 is 0 Å². The molecule has 0 spiro atoms. The molecule has 1 aromatic carbocycles. The molecule has 0 radical (unpaired) electrons. The summed E-state index contributed by atoms with van der Waals surface area (Å²) in [5.74, 6) is 0. The molecule has 0 unspecified atom stereocenters. The van der Waals surface area contributed by atoms with Crippen molar-refractivity contribution in [2.45, 2.75) is 27.7 Å². The first-order valence-corrected chi connectivity index (χ1v) is 5.28. The minimum Gasteiger partial charge on any atom is -0.380 e. The average molecular weight is 204 g/mol. The molecule has 1 heteroatoms. The van der Waals surface area contributed by atoms with Crippen LogP contribution >= 0.6 is 0 Å². The van der Waals surface area contributed by atoms with Gasteiger partial charge in [-0.1, -0.05) is 18.2 Å². The minimum absolute atomic E-state index is 0.700. The largest absolute Gasteiger partial charge is 0.380 e. The standard InChI is InChI=1S/C14H20O/c1-10(9-15-5)6-14-7-11(2)13(4)12(3)8-14/h6-8H,9H2,1-5H3/b10-6+. The first kappa shape index (κ1) is 12.0. The lowest BCUT2D eigenvalue weighted by atomic mass is 9.99. The van der Waals surface area contributed by atoms with Crippen molar-refractivity contribution in [3.05, 3.63) is 40.0 Å². The van der Waals surface area contributed by atoms with Crippen LogP contribution in [0.4, 0.5) is 0 Å². The molecule has 0 saturated heterocycles. The number of hydrogen-bond donors (Lipinski definition) is 0. The van der Waals surface area contributed by atoms with E-state index in [2.05, 4.69) is 45.9 Å². The Morgan fingerprint density at radius 2 is 1.73 bits per heavy atom. The molecule has 0 aromatic heterocycles. The highest BCUT2D eigenvalue weighted by Crippen LogP contribution is 2.17. The van der Waals surface area contributed by atoms with Gasteiger partial charge in [0.25, 0.3) is 0 Å².